The topological polar surface area (TPSA) is 76.2 Å². The van der Waals surface area contributed by atoms with Crippen LogP contribution in [0.4, 0.5) is 5.69 Å². The van der Waals surface area contributed by atoms with Gasteiger partial charge in [-0.05, 0) is 60.5 Å². The second-order valence-electron chi connectivity index (χ2n) is 8.07. The first-order valence-electron chi connectivity index (χ1n) is 11.1. The zero-order valence-electron chi connectivity index (χ0n) is 19.4. The summed E-state index contributed by atoms with van der Waals surface area (Å²) in [5.41, 5.74) is 1.78. The molecule has 3 amide bonds. The van der Waals surface area contributed by atoms with Crippen LogP contribution in [0.5, 0.6) is 11.5 Å². The van der Waals surface area contributed by atoms with Crippen LogP contribution in [0.2, 0.25) is 5.02 Å². The smallest absolute Gasteiger partial charge is 0.257 e. The van der Waals surface area contributed by atoms with E-state index in [4.69, 9.17) is 21.1 Å². The van der Waals surface area contributed by atoms with Gasteiger partial charge >= 0.3 is 0 Å². The lowest BCUT2D eigenvalue weighted by Gasteiger charge is -2.28. The molecule has 1 saturated heterocycles. The summed E-state index contributed by atoms with van der Waals surface area (Å²) in [5, 5.41) is 0.501. The van der Waals surface area contributed by atoms with Crippen molar-refractivity contribution in [3.8, 4) is 11.5 Å². The van der Waals surface area contributed by atoms with E-state index >= 15 is 0 Å². The van der Waals surface area contributed by atoms with Crippen LogP contribution >= 0.6 is 11.6 Å². The van der Waals surface area contributed by atoms with Gasteiger partial charge in [-0.3, -0.25) is 14.4 Å². The molecule has 0 spiro atoms. The standard InChI is InChI=1S/C27H25ClN2O5/c1-34-23-13-8-18(16-24(23)35-2)14-15-29(26(32)19-9-11-20(28)12-10-19)22-17-25(31)30(27(22)33)21-6-4-3-5-7-21/h3-13,16,22H,14-15,17H2,1-2H3/t22-/m0/s1. The molecule has 7 nitrogen and oxygen atoms in total. The monoisotopic (exact) mass is 492 g/mol. The van der Waals surface area contributed by atoms with Crippen molar-refractivity contribution in [1.29, 1.82) is 0 Å². The molecule has 1 atom stereocenters. The lowest BCUT2D eigenvalue weighted by molar-refractivity contribution is -0.122. The molecule has 0 N–H and O–H groups in total. The van der Waals surface area contributed by atoms with Crippen molar-refractivity contribution >= 4 is 35.0 Å². The average Bonchev–Trinajstić information content (AvgIpc) is 3.18. The minimum atomic E-state index is -0.911. The highest BCUT2D eigenvalue weighted by Crippen LogP contribution is 2.29. The van der Waals surface area contributed by atoms with E-state index in [0.717, 1.165) is 10.5 Å². The fourth-order valence-electron chi connectivity index (χ4n) is 4.15. The quantitative estimate of drug-likeness (QED) is 0.436. The summed E-state index contributed by atoms with van der Waals surface area (Å²) in [6, 6.07) is 19.8. The van der Waals surface area contributed by atoms with E-state index in [9.17, 15) is 14.4 Å². The highest BCUT2D eigenvalue weighted by Gasteiger charge is 2.44. The molecule has 1 aliphatic heterocycles. The number of methoxy groups -OCH3 is 2. The zero-order valence-corrected chi connectivity index (χ0v) is 20.2. The maximum atomic E-state index is 13.5. The molecule has 0 aliphatic carbocycles. The SMILES string of the molecule is COc1ccc(CCN(C(=O)c2ccc(Cl)cc2)[C@H]2CC(=O)N(c3ccccc3)C2=O)cc1OC. The molecular weight excluding hydrogens is 468 g/mol. The Morgan fingerprint density at radius 2 is 1.66 bits per heavy atom. The van der Waals surface area contributed by atoms with Crippen LogP contribution in [-0.4, -0.2) is 49.4 Å². The largest absolute Gasteiger partial charge is 0.493 e. The number of anilines is 1. The summed E-state index contributed by atoms with van der Waals surface area (Å²) < 4.78 is 10.7. The van der Waals surface area contributed by atoms with Gasteiger partial charge in [0.25, 0.3) is 11.8 Å². The van der Waals surface area contributed by atoms with E-state index in [1.807, 2.05) is 18.2 Å². The Bertz CT molecular complexity index is 1230. The lowest BCUT2D eigenvalue weighted by atomic mass is 10.1. The van der Waals surface area contributed by atoms with Crippen LogP contribution in [0, 0.1) is 0 Å². The molecule has 0 radical (unpaired) electrons. The van der Waals surface area contributed by atoms with Gasteiger partial charge < -0.3 is 14.4 Å². The van der Waals surface area contributed by atoms with Crippen molar-refractivity contribution in [2.24, 2.45) is 0 Å². The Kier molecular flexibility index (Phi) is 7.36. The summed E-state index contributed by atoms with van der Waals surface area (Å²) in [6.45, 7) is 0.225. The summed E-state index contributed by atoms with van der Waals surface area (Å²) in [5.74, 6) is 0.0635. The third kappa shape index (κ3) is 5.15. The van der Waals surface area contributed by atoms with Crippen LogP contribution in [0.3, 0.4) is 0 Å². The summed E-state index contributed by atoms with van der Waals surface area (Å²) in [4.78, 5) is 42.4. The first-order valence-corrected chi connectivity index (χ1v) is 11.5. The summed E-state index contributed by atoms with van der Waals surface area (Å²) >= 11 is 5.99. The lowest BCUT2D eigenvalue weighted by Crippen LogP contribution is -2.46. The maximum absolute atomic E-state index is 13.5. The number of carbonyl (C=O) groups excluding carboxylic acids is 3. The molecule has 8 heteroatoms. The van der Waals surface area contributed by atoms with Crippen molar-refractivity contribution < 1.29 is 23.9 Å². The molecule has 1 fully saturated rings. The fourth-order valence-corrected chi connectivity index (χ4v) is 4.28. The van der Waals surface area contributed by atoms with Gasteiger partial charge in [0.2, 0.25) is 5.91 Å². The minimum absolute atomic E-state index is 0.0843. The summed E-state index contributed by atoms with van der Waals surface area (Å²) in [7, 11) is 3.12. The van der Waals surface area contributed by atoms with Gasteiger partial charge in [-0.2, -0.15) is 0 Å². The van der Waals surface area contributed by atoms with Gasteiger partial charge in [-0.1, -0.05) is 35.9 Å². The van der Waals surface area contributed by atoms with Crippen LogP contribution < -0.4 is 14.4 Å². The number of amides is 3. The number of nitrogens with zero attached hydrogens (tertiary/aromatic N) is 2. The number of para-hydroxylation sites is 1. The second-order valence-corrected chi connectivity index (χ2v) is 8.50. The summed E-state index contributed by atoms with van der Waals surface area (Å²) in [6.07, 6.45) is 0.363. The average molecular weight is 493 g/mol. The van der Waals surface area contributed by atoms with E-state index in [1.165, 1.54) is 4.90 Å². The molecule has 0 saturated carbocycles. The number of rotatable bonds is 8. The second kappa shape index (κ2) is 10.6. The highest BCUT2D eigenvalue weighted by atomic mass is 35.5. The number of hydrogen-bond acceptors (Lipinski definition) is 5. The molecule has 0 bridgehead atoms. The van der Waals surface area contributed by atoms with E-state index in [0.29, 0.717) is 34.2 Å². The molecule has 1 aliphatic rings. The Morgan fingerprint density at radius 1 is 0.971 bits per heavy atom. The van der Waals surface area contributed by atoms with Crippen molar-refractivity contribution in [1.82, 2.24) is 4.90 Å². The third-order valence-corrected chi connectivity index (χ3v) is 6.21. The number of hydrogen-bond donors (Lipinski definition) is 0. The van der Waals surface area contributed by atoms with Gasteiger partial charge in [-0.25, -0.2) is 4.90 Å². The van der Waals surface area contributed by atoms with Crippen LogP contribution in [0.1, 0.15) is 22.3 Å². The molecule has 3 aromatic carbocycles. The first-order chi connectivity index (χ1) is 16.9. The van der Waals surface area contributed by atoms with E-state index in [2.05, 4.69) is 0 Å². The van der Waals surface area contributed by atoms with E-state index in [-0.39, 0.29) is 24.8 Å². The molecule has 3 aromatic rings. The van der Waals surface area contributed by atoms with Gasteiger partial charge in [0, 0.05) is 17.1 Å². The molecule has 0 unspecified atom stereocenters. The van der Waals surface area contributed by atoms with E-state index < -0.39 is 11.9 Å². The number of benzene rings is 3. The number of carbonyl (C=O) groups is 3. The fraction of sp³-hybridized carbons (Fsp3) is 0.222. The maximum Gasteiger partial charge on any atom is 0.257 e. The Hall–Kier alpha value is -3.84. The first kappa shape index (κ1) is 24.3. The number of halogens is 1. The Balaban J connectivity index is 1.63. The van der Waals surface area contributed by atoms with Crippen LogP contribution in [0.15, 0.2) is 72.8 Å². The molecule has 4 rings (SSSR count). The highest BCUT2D eigenvalue weighted by molar-refractivity contribution is 6.30. The number of ether oxygens (including phenoxy) is 2. The normalized spacial score (nSPS) is 15.3. The molecular formula is C27H25ClN2O5. The van der Waals surface area contributed by atoms with Crippen molar-refractivity contribution in [2.75, 3.05) is 25.7 Å². The van der Waals surface area contributed by atoms with Gasteiger partial charge in [0.15, 0.2) is 11.5 Å². The Morgan fingerprint density at radius 3 is 2.31 bits per heavy atom. The number of imide groups is 1. The molecule has 35 heavy (non-hydrogen) atoms. The minimum Gasteiger partial charge on any atom is -0.493 e. The molecule has 0 aromatic heterocycles. The van der Waals surface area contributed by atoms with Crippen LogP contribution in [-0.2, 0) is 16.0 Å². The van der Waals surface area contributed by atoms with E-state index in [1.54, 1.807) is 68.8 Å². The zero-order chi connectivity index (χ0) is 24.9. The Labute approximate surface area is 208 Å². The van der Waals surface area contributed by atoms with Crippen molar-refractivity contribution in [3.63, 3.8) is 0 Å². The molecule has 1 heterocycles. The third-order valence-electron chi connectivity index (χ3n) is 5.95. The predicted molar refractivity (Wildman–Crippen MR) is 133 cm³/mol. The van der Waals surface area contributed by atoms with Crippen molar-refractivity contribution in [3.05, 3.63) is 88.9 Å². The van der Waals surface area contributed by atoms with Gasteiger partial charge in [0.1, 0.15) is 6.04 Å². The molecule has 180 valence electrons. The predicted octanol–water partition coefficient (Wildman–Crippen LogP) is 4.37. The van der Waals surface area contributed by atoms with Crippen LogP contribution in [0.25, 0.3) is 0 Å². The van der Waals surface area contributed by atoms with Gasteiger partial charge in [0.05, 0.1) is 26.3 Å². The van der Waals surface area contributed by atoms with Gasteiger partial charge in [-0.15, -0.1) is 0 Å². The van der Waals surface area contributed by atoms with Crippen molar-refractivity contribution in [2.45, 2.75) is 18.9 Å².